The molecule has 0 radical (unpaired) electrons. The highest BCUT2D eigenvalue weighted by molar-refractivity contribution is 5.79. The monoisotopic (exact) mass is 276 g/mol. The van der Waals surface area contributed by atoms with Crippen LogP contribution >= 0.6 is 0 Å². The highest BCUT2D eigenvalue weighted by Gasteiger charge is 1.92. The fourth-order valence-electron chi connectivity index (χ4n) is 1.78. The van der Waals surface area contributed by atoms with Gasteiger partial charge >= 0.3 is 5.97 Å². The number of aliphatic carboxylic acids is 1. The van der Waals surface area contributed by atoms with E-state index in [1.807, 2.05) is 0 Å². The van der Waals surface area contributed by atoms with Gasteiger partial charge in [-0.2, -0.15) is 0 Å². The fourth-order valence-corrected chi connectivity index (χ4v) is 1.78. The molecule has 0 aromatic carbocycles. The van der Waals surface area contributed by atoms with Crippen molar-refractivity contribution in [2.24, 2.45) is 0 Å². The van der Waals surface area contributed by atoms with E-state index in [0.29, 0.717) is 6.42 Å². The average molecular weight is 276 g/mol. The van der Waals surface area contributed by atoms with Crippen LogP contribution in [0.4, 0.5) is 0 Å². The normalized spacial score (nSPS) is 12.8. The van der Waals surface area contributed by atoms with Crippen LogP contribution in [0, 0.1) is 0 Å². The van der Waals surface area contributed by atoms with Crippen LogP contribution in [0.25, 0.3) is 0 Å². The van der Waals surface area contributed by atoms with E-state index in [9.17, 15) is 4.79 Å². The highest BCUT2D eigenvalue weighted by atomic mass is 16.4. The second-order valence-corrected chi connectivity index (χ2v) is 5.44. The van der Waals surface area contributed by atoms with Gasteiger partial charge in [0.2, 0.25) is 0 Å². The van der Waals surface area contributed by atoms with Crippen LogP contribution in [-0.2, 0) is 4.79 Å². The molecule has 0 amide bonds. The van der Waals surface area contributed by atoms with Crippen LogP contribution in [-0.4, -0.2) is 11.1 Å². The number of carbonyl (C=O) groups is 1. The molecule has 0 saturated heterocycles. The summed E-state index contributed by atoms with van der Waals surface area (Å²) in [6, 6.07) is 0. The van der Waals surface area contributed by atoms with Crippen LogP contribution in [0.3, 0.4) is 0 Å². The first kappa shape index (κ1) is 18.4. The predicted molar refractivity (Wildman–Crippen MR) is 86.8 cm³/mol. The second-order valence-electron chi connectivity index (χ2n) is 5.44. The number of allylic oxidation sites excluding steroid dienone is 7. The van der Waals surface area contributed by atoms with Crippen molar-refractivity contribution in [1.82, 2.24) is 0 Å². The Morgan fingerprint density at radius 2 is 1.45 bits per heavy atom. The molecule has 2 heteroatoms. The van der Waals surface area contributed by atoms with E-state index in [2.05, 4.69) is 45.9 Å². The Bertz CT molecular complexity index is 405. The third-order valence-corrected chi connectivity index (χ3v) is 2.99. The van der Waals surface area contributed by atoms with Crippen molar-refractivity contribution < 1.29 is 9.90 Å². The van der Waals surface area contributed by atoms with E-state index >= 15 is 0 Å². The Morgan fingerprint density at radius 3 is 2.00 bits per heavy atom. The lowest BCUT2D eigenvalue weighted by molar-refractivity contribution is -0.131. The Kier molecular flexibility index (Phi) is 10.4. The molecule has 0 aliphatic carbocycles. The first-order valence-electron chi connectivity index (χ1n) is 7.26. The van der Waals surface area contributed by atoms with Crippen molar-refractivity contribution in [3.05, 3.63) is 47.1 Å². The molecular formula is C18H28O2. The minimum atomic E-state index is -0.883. The number of hydrogen-bond acceptors (Lipinski definition) is 1. The summed E-state index contributed by atoms with van der Waals surface area (Å²) in [5.41, 5.74) is 4.14. The SMILES string of the molecule is CC(C)=CCC/C(C)=C/CC/C(C)=C/CC=CC(=O)O. The van der Waals surface area contributed by atoms with Crippen LogP contribution in [0.2, 0.25) is 0 Å². The van der Waals surface area contributed by atoms with Crippen molar-refractivity contribution in [1.29, 1.82) is 0 Å². The van der Waals surface area contributed by atoms with Crippen molar-refractivity contribution in [2.45, 2.75) is 59.8 Å². The van der Waals surface area contributed by atoms with E-state index in [1.165, 1.54) is 22.8 Å². The van der Waals surface area contributed by atoms with Crippen LogP contribution in [0.15, 0.2) is 47.1 Å². The first-order chi connectivity index (χ1) is 9.41. The summed E-state index contributed by atoms with van der Waals surface area (Å²) in [5.74, 6) is -0.883. The molecule has 0 aliphatic heterocycles. The smallest absolute Gasteiger partial charge is 0.327 e. The van der Waals surface area contributed by atoms with Gasteiger partial charge in [-0.3, -0.25) is 0 Å². The van der Waals surface area contributed by atoms with Gasteiger partial charge in [0, 0.05) is 6.08 Å². The maximum Gasteiger partial charge on any atom is 0.327 e. The van der Waals surface area contributed by atoms with E-state index in [0.717, 1.165) is 25.7 Å². The quantitative estimate of drug-likeness (QED) is 0.450. The maximum atomic E-state index is 10.3. The van der Waals surface area contributed by atoms with E-state index in [1.54, 1.807) is 6.08 Å². The lowest BCUT2D eigenvalue weighted by Crippen LogP contribution is -1.85. The zero-order valence-electron chi connectivity index (χ0n) is 13.3. The molecular weight excluding hydrogens is 248 g/mol. The zero-order valence-corrected chi connectivity index (χ0v) is 13.3. The summed E-state index contributed by atoms with van der Waals surface area (Å²) >= 11 is 0. The standard InChI is InChI=1S/C18H28O2/c1-15(2)9-7-11-17(4)13-8-12-16(3)10-5-6-14-18(19)20/h6,9-10,13-14H,5,7-8,11-12H2,1-4H3,(H,19,20)/b14-6?,16-10+,17-13+. The van der Waals surface area contributed by atoms with Gasteiger partial charge in [0.15, 0.2) is 0 Å². The Morgan fingerprint density at radius 1 is 0.900 bits per heavy atom. The highest BCUT2D eigenvalue weighted by Crippen LogP contribution is 2.11. The second kappa shape index (κ2) is 11.3. The van der Waals surface area contributed by atoms with Crippen molar-refractivity contribution >= 4 is 5.97 Å². The summed E-state index contributed by atoms with van der Waals surface area (Å²) in [7, 11) is 0. The molecule has 20 heavy (non-hydrogen) atoms. The zero-order chi connectivity index (χ0) is 15.4. The molecule has 0 aromatic heterocycles. The summed E-state index contributed by atoms with van der Waals surface area (Å²) in [6.45, 7) is 8.55. The minimum Gasteiger partial charge on any atom is -0.478 e. The first-order valence-corrected chi connectivity index (χ1v) is 7.26. The van der Waals surface area contributed by atoms with Crippen LogP contribution < -0.4 is 0 Å². The van der Waals surface area contributed by atoms with Gasteiger partial charge < -0.3 is 5.11 Å². The molecule has 1 N–H and O–H groups in total. The van der Waals surface area contributed by atoms with Crippen molar-refractivity contribution in [3.8, 4) is 0 Å². The molecule has 0 bridgehead atoms. The van der Waals surface area contributed by atoms with E-state index in [-0.39, 0.29) is 0 Å². The summed E-state index contributed by atoms with van der Waals surface area (Å²) in [5, 5.41) is 8.47. The lowest BCUT2D eigenvalue weighted by Gasteiger charge is -2.01. The fraction of sp³-hybridized carbons (Fsp3) is 0.500. The molecule has 112 valence electrons. The van der Waals surface area contributed by atoms with Gasteiger partial charge in [0.05, 0.1) is 0 Å². The molecule has 0 aromatic rings. The van der Waals surface area contributed by atoms with E-state index < -0.39 is 5.97 Å². The van der Waals surface area contributed by atoms with Crippen molar-refractivity contribution in [3.63, 3.8) is 0 Å². The van der Waals surface area contributed by atoms with Gasteiger partial charge in [-0.05, 0) is 59.8 Å². The largest absolute Gasteiger partial charge is 0.478 e. The molecule has 2 nitrogen and oxygen atoms in total. The van der Waals surface area contributed by atoms with Gasteiger partial charge in [0.1, 0.15) is 0 Å². The Hall–Kier alpha value is -1.57. The summed E-state index contributed by atoms with van der Waals surface area (Å²) in [4.78, 5) is 10.3. The van der Waals surface area contributed by atoms with Crippen LogP contribution in [0.1, 0.15) is 59.8 Å². The Labute approximate surface area is 123 Å². The predicted octanol–water partition coefficient (Wildman–Crippen LogP) is 5.44. The molecule has 0 aliphatic rings. The van der Waals surface area contributed by atoms with Gasteiger partial charge in [-0.25, -0.2) is 4.79 Å². The molecule has 0 unspecified atom stereocenters. The average Bonchev–Trinajstić information content (AvgIpc) is 2.34. The summed E-state index contributed by atoms with van der Waals surface area (Å²) in [6.07, 6.45) is 14.6. The van der Waals surface area contributed by atoms with E-state index in [4.69, 9.17) is 5.11 Å². The molecule has 0 rings (SSSR count). The number of rotatable bonds is 9. The third-order valence-electron chi connectivity index (χ3n) is 2.99. The summed E-state index contributed by atoms with van der Waals surface area (Å²) < 4.78 is 0. The molecule has 0 saturated carbocycles. The Balaban J connectivity index is 3.93. The number of hydrogen-bond donors (Lipinski definition) is 1. The number of carboxylic acid groups (broad SMARTS) is 1. The molecule has 0 fully saturated rings. The lowest BCUT2D eigenvalue weighted by atomic mass is 10.1. The minimum absolute atomic E-state index is 0.696. The van der Waals surface area contributed by atoms with Crippen LogP contribution in [0.5, 0.6) is 0 Å². The van der Waals surface area contributed by atoms with Crippen molar-refractivity contribution in [2.75, 3.05) is 0 Å². The van der Waals surface area contributed by atoms with Gasteiger partial charge in [-0.1, -0.05) is 41.0 Å². The molecule has 0 atom stereocenters. The van der Waals surface area contributed by atoms with Gasteiger partial charge in [0.25, 0.3) is 0 Å². The van der Waals surface area contributed by atoms with Gasteiger partial charge in [-0.15, -0.1) is 0 Å². The molecule has 0 heterocycles. The maximum absolute atomic E-state index is 10.3. The topological polar surface area (TPSA) is 37.3 Å². The molecule has 0 spiro atoms. The third kappa shape index (κ3) is 12.9. The number of carboxylic acids is 1.